The number of carbonyl (C=O) groups is 2. The van der Waals surface area contributed by atoms with Crippen LogP contribution in [0, 0.1) is 0 Å². The van der Waals surface area contributed by atoms with Crippen LogP contribution >= 0.6 is 11.3 Å². The van der Waals surface area contributed by atoms with Crippen molar-refractivity contribution < 1.29 is 14.3 Å². The van der Waals surface area contributed by atoms with Crippen molar-refractivity contribution in [3.8, 4) is 5.75 Å². The highest BCUT2D eigenvalue weighted by Gasteiger charge is 2.23. The van der Waals surface area contributed by atoms with Crippen molar-refractivity contribution in [2.45, 2.75) is 20.8 Å². The number of amides is 1. The largest absolute Gasteiger partial charge is 0.494 e. The van der Waals surface area contributed by atoms with E-state index in [1.54, 1.807) is 36.3 Å². The van der Waals surface area contributed by atoms with Gasteiger partial charge in [-0.1, -0.05) is 43.4 Å². The van der Waals surface area contributed by atoms with Gasteiger partial charge in [0, 0.05) is 24.2 Å². The molecule has 3 aromatic rings. The van der Waals surface area contributed by atoms with Crippen molar-refractivity contribution in [1.82, 2.24) is 9.88 Å². The first-order valence-electron chi connectivity index (χ1n) is 10.1. The topological polar surface area (TPSA) is 62.7 Å². The van der Waals surface area contributed by atoms with Gasteiger partial charge in [-0.15, -0.1) is 0 Å². The zero-order valence-electron chi connectivity index (χ0n) is 17.8. The van der Waals surface area contributed by atoms with E-state index in [1.807, 2.05) is 18.2 Å². The van der Waals surface area contributed by atoms with Crippen LogP contribution in [0.1, 0.15) is 41.5 Å². The number of thiazole rings is 1. The zero-order chi connectivity index (χ0) is 21.7. The summed E-state index contributed by atoms with van der Waals surface area (Å²) >= 11 is 1.47. The molecule has 2 aromatic carbocycles. The molecule has 0 N–H and O–H groups in total. The number of methoxy groups -OCH3 is 1. The lowest BCUT2D eigenvalue weighted by molar-refractivity contribution is 0.0980. The number of fused-ring (bicyclic) bond motifs is 1. The minimum Gasteiger partial charge on any atom is -0.494 e. The minimum absolute atomic E-state index is 0.0225. The van der Waals surface area contributed by atoms with Crippen molar-refractivity contribution in [3.05, 3.63) is 53.6 Å². The molecule has 0 bridgehead atoms. The lowest BCUT2D eigenvalue weighted by atomic mass is 10.1. The summed E-state index contributed by atoms with van der Waals surface area (Å²) in [4.78, 5) is 33.7. The molecule has 6 nitrogen and oxygen atoms in total. The molecule has 0 aliphatic carbocycles. The van der Waals surface area contributed by atoms with Gasteiger partial charge in [-0.05, 0) is 44.3 Å². The monoisotopic (exact) mass is 425 g/mol. The number of ketones is 1. The molecule has 0 saturated carbocycles. The number of likely N-dealkylation sites (N-methyl/N-ethyl adjacent to an activating group) is 1. The van der Waals surface area contributed by atoms with Crippen molar-refractivity contribution in [1.29, 1.82) is 0 Å². The molecule has 0 aliphatic heterocycles. The third-order valence-corrected chi connectivity index (χ3v) is 6.18. The predicted octanol–water partition coefficient (Wildman–Crippen LogP) is 4.50. The smallest absolute Gasteiger partial charge is 0.260 e. The number of benzene rings is 2. The molecule has 3 rings (SSSR count). The van der Waals surface area contributed by atoms with Crippen LogP contribution in [-0.2, 0) is 0 Å². The molecular formula is C23H27N3O3S. The van der Waals surface area contributed by atoms with E-state index in [2.05, 4.69) is 18.7 Å². The van der Waals surface area contributed by atoms with Gasteiger partial charge in [-0.3, -0.25) is 14.5 Å². The second-order valence-electron chi connectivity index (χ2n) is 6.92. The predicted molar refractivity (Wildman–Crippen MR) is 122 cm³/mol. The van der Waals surface area contributed by atoms with E-state index in [0.717, 1.165) is 29.9 Å². The molecule has 1 amide bonds. The van der Waals surface area contributed by atoms with Gasteiger partial charge in [0.25, 0.3) is 5.91 Å². The number of hydrogen-bond donors (Lipinski definition) is 0. The first-order valence-corrected chi connectivity index (χ1v) is 10.9. The van der Waals surface area contributed by atoms with Gasteiger partial charge in [-0.2, -0.15) is 0 Å². The Morgan fingerprint density at radius 3 is 2.27 bits per heavy atom. The summed E-state index contributed by atoms with van der Waals surface area (Å²) in [7, 11) is 1.62. The van der Waals surface area contributed by atoms with Crippen molar-refractivity contribution in [3.63, 3.8) is 0 Å². The summed E-state index contributed by atoms with van der Waals surface area (Å²) in [6.45, 7) is 8.84. The summed E-state index contributed by atoms with van der Waals surface area (Å²) in [5, 5.41) is 0.641. The molecule has 0 fully saturated rings. The van der Waals surface area contributed by atoms with Crippen LogP contribution in [0.25, 0.3) is 10.2 Å². The molecule has 7 heteroatoms. The Hall–Kier alpha value is -2.77. The fraction of sp³-hybridized carbons (Fsp3) is 0.348. The van der Waals surface area contributed by atoms with E-state index in [9.17, 15) is 9.59 Å². The Morgan fingerprint density at radius 2 is 1.67 bits per heavy atom. The summed E-state index contributed by atoms with van der Waals surface area (Å²) in [6.07, 6.45) is 0. The van der Waals surface area contributed by atoms with Crippen LogP contribution in [0.3, 0.4) is 0 Å². The van der Waals surface area contributed by atoms with Crippen molar-refractivity contribution >= 4 is 38.4 Å². The Balaban J connectivity index is 1.97. The standard InChI is InChI=1S/C23H27N3O3S/c1-5-25(6-2)14-15-26(22(28)18-12-10-17(11-13-18)16(3)27)23-24-21-19(29-4)8-7-9-20(21)30-23/h7-13H,5-6,14-15H2,1-4H3. The van der Waals surface area contributed by atoms with Crippen molar-refractivity contribution in [2.75, 3.05) is 38.2 Å². The van der Waals surface area contributed by atoms with Gasteiger partial charge in [0.1, 0.15) is 11.3 Å². The normalized spacial score (nSPS) is 11.1. The maximum atomic E-state index is 13.4. The summed E-state index contributed by atoms with van der Waals surface area (Å²) in [5.74, 6) is 0.540. The lowest BCUT2D eigenvalue weighted by Gasteiger charge is -2.24. The highest BCUT2D eigenvalue weighted by Crippen LogP contribution is 2.34. The molecule has 0 aliphatic rings. The van der Waals surface area contributed by atoms with Gasteiger partial charge in [-0.25, -0.2) is 4.98 Å². The molecule has 0 unspecified atom stereocenters. The Kier molecular flexibility index (Phi) is 7.18. The van der Waals surface area contributed by atoms with E-state index in [1.165, 1.54) is 18.3 Å². The summed E-state index contributed by atoms with van der Waals surface area (Å²) in [6, 6.07) is 12.6. The average molecular weight is 426 g/mol. The van der Waals surface area contributed by atoms with Crippen LogP contribution in [0.4, 0.5) is 5.13 Å². The third kappa shape index (κ3) is 4.68. The van der Waals surface area contributed by atoms with Gasteiger partial charge >= 0.3 is 0 Å². The van der Waals surface area contributed by atoms with Crippen LogP contribution in [0.2, 0.25) is 0 Å². The number of hydrogen-bond acceptors (Lipinski definition) is 6. The number of Topliss-reactive ketones (excluding diaryl/α,β-unsaturated/α-hetero) is 1. The Morgan fingerprint density at radius 1 is 1.00 bits per heavy atom. The summed E-state index contributed by atoms with van der Waals surface area (Å²) < 4.78 is 6.40. The van der Waals surface area contributed by atoms with Crippen LogP contribution in [0.5, 0.6) is 5.75 Å². The molecule has 0 radical (unpaired) electrons. The number of nitrogens with zero attached hydrogens (tertiary/aromatic N) is 3. The van der Waals surface area contributed by atoms with Crippen LogP contribution in [-0.4, -0.2) is 54.9 Å². The van der Waals surface area contributed by atoms with Crippen molar-refractivity contribution in [2.24, 2.45) is 0 Å². The van der Waals surface area contributed by atoms with E-state index in [0.29, 0.717) is 28.6 Å². The van der Waals surface area contributed by atoms with E-state index in [4.69, 9.17) is 9.72 Å². The maximum absolute atomic E-state index is 13.4. The number of rotatable bonds is 9. The number of para-hydroxylation sites is 1. The minimum atomic E-state index is -0.129. The first kappa shape index (κ1) is 21.9. The van der Waals surface area contributed by atoms with Crippen LogP contribution < -0.4 is 9.64 Å². The molecule has 158 valence electrons. The molecule has 0 spiro atoms. The average Bonchev–Trinajstić information content (AvgIpc) is 3.20. The molecule has 0 saturated heterocycles. The van der Waals surface area contributed by atoms with E-state index < -0.39 is 0 Å². The lowest BCUT2D eigenvalue weighted by Crippen LogP contribution is -2.38. The molecular weight excluding hydrogens is 398 g/mol. The quantitative estimate of drug-likeness (QED) is 0.473. The van der Waals surface area contributed by atoms with Gasteiger partial charge in [0.15, 0.2) is 10.9 Å². The maximum Gasteiger partial charge on any atom is 0.260 e. The second kappa shape index (κ2) is 9.82. The molecule has 1 heterocycles. The Bertz CT molecular complexity index is 1030. The SMILES string of the molecule is CCN(CC)CCN(C(=O)c1ccc(C(C)=O)cc1)c1nc2c(OC)cccc2s1. The van der Waals surface area contributed by atoms with Crippen LogP contribution in [0.15, 0.2) is 42.5 Å². The molecule has 1 aromatic heterocycles. The number of anilines is 1. The Labute approximate surface area is 181 Å². The fourth-order valence-corrected chi connectivity index (χ4v) is 4.27. The third-order valence-electron chi connectivity index (χ3n) is 5.14. The highest BCUT2D eigenvalue weighted by atomic mass is 32.1. The second-order valence-corrected chi connectivity index (χ2v) is 7.93. The van der Waals surface area contributed by atoms with E-state index in [-0.39, 0.29) is 11.7 Å². The van der Waals surface area contributed by atoms with Gasteiger partial charge in [0.2, 0.25) is 0 Å². The zero-order valence-corrected chi connectivity index (χ0v) is 18.7. The molecule has 30 heavy (non-hydrogen) atoms. The molecule has 0 atom stereocenters. The highest BCUT2D eigenvalue weighted by molar-refractivity contribution is 7.22. The van der Waals surface area contributed by atoms with E-state index >= 15 is 0 Å². The van der Waals surface area contributed by atoms with Gasteiger partial charge in [0.05, 0.1) is 11.8 Å². The fourth-order valence-electron chi connectivity index (χ4n) is 3.26. The van der Waals surface area contributed by atoms with Gasteiger partial charge < -0.3 is 9.64 Å². The summed E-state index contributed by atoms with van der Waals surface area (Å²) in [5.41, 5.74) is 1.88. The first-order chi connectivity index (χ1) is 14.5. The number of carbonyl (C=O) groups excluding carboxylic acids is 2. The number of ether oxygens (including phenoxy) is 1. The number of aromatic nitrogens is 1.